The summed E-state index contributed by atoms with van der Waals surface area (Å²) in [6.07, 6.45) is 5.70. The molecule has 0 amide bonds. The Labute approximate surface area is 105 Å². The first kappa shape index (κ1) is 11.9. The lowest BCUT2D eigenvalue weighted by molar-refractivity contribution is 0.112. The lowest BCUT2D eigenvalue weighted by Gasteiger charge is -1.91. The third-order valence-electron chi connectivity index (χ3n) is 2.22. The van der Waals surface area contributed by atoms with Crippen LogP contribution in [0.25, 0.3) is 0 Å². The number of nitrogens with zero attached hydrogens (tertiary/aromatic N) is 3. The first-order valence-electron chi connectivity index (χ1n) is 5.41. The minimum Gasteiger partial charge on any atom is -0.298 e. The van der Waals surface area contributed by atoms with Gasteiger partial charge in [0, 0.05) is 11.8 Å². The van der Waals surface area contributed by atoms with Gasteiger partial charge >= 0.3 is 0 Å². The first-order chi connectivity index (χ1) is 8.88. The Balaban J connectivity index is 1.98. The average molecular weight is 237 g/mol. The molecule has 1 aromatic carbocycles. The summed E-state index contributed by atoms with van der Waals surface area (Å²) in [5.41, 5.74) is 2.29. The van der Waals surface area contributed by atoms with Crippen LogP contribution in [0.5, 0.6) is 0 Å². The molecule has 0 aliphatic heterocycles. The van der Waals surface area contributed by atoms with Crippen molar-refractivity contribution in [1.82, 2.24) is 4.98 Å². The minimum absolute atomic E-state index is 0.643. The number of pyridine rings is 1. The number of aromatic nitrogens is 1. The molecule has 4 nitrogen and oxygen atoms in total. The molecule has 0 saturated carbocycles. The Bertz CT molecular complexity index is 559. The smallest absolute Gasteiger partial charge is 0.150 e. The van der Waals surface area contributed by atoms with Gasteiger partial charge in [-0.3, -0.25) is 9.78 Å². The lowest BCUT2D eigenvalue weighted by atomic mass is 10.2. The maximum Gasteiger partial charge on any atom is 0.150 e. The second-order valence-electron chi connectivity index (χ2n) is 3.53. The van der Waals surface area contributed by atoms with Crippen LogP contribution in [0, 0.1) is 0 Å². The van der Waals surface area contributed by atoms with Gasteiger partial charge in [-0.1, -0.05) is 30.3 Å². The fraction of sp³-hybridized carbons (Fsp3) is 0. The Morgan fingerprint density at radius 3 is 2.28 bits per heavy atom. The monoisotopic (exact) mass is 237 g/mol. The molecule has 4 heteroatoms. The summed E-state index contributed by atoms with van der Waals surface area (Å²) in [5.74, 6) is 0. The van der Waals surface area contributed by atoms with Crippen LogP contribution in [0.2, 0.25) is 0 Å². The highest BCUT2D eigenvalue weighted by Gasteiger charge is 1.89. The molecule has 0 radical (unpaired) electrons. The molecule has 0 aliphatic rings. The number of hydrogen-bond donors (Lipinski definition) is 0. The summed E-state index contributed by atoms with van der Waals surface area (Å²) >= 11 is 0. The molecule has 0 fully saturated rings. The molecule has 0 unspecified atom stereocenters. The maximum atomic E-state index is 10.5. The molecule has 88 valence electrons. The summed E-state index contributed by atoms with van der Waals surface area (Å²) in [5, 5.41) is 7.80. The number of benzene rings is 1. The zero-order valence-corrected chi connectivity index (χ0v) is 9.60. The van der Waals surface area contributed by atoms with E-state index in [9.17, 15) is 4.79 Å². The van der Waals surface area contributed by atoms with Gasteiger partial charge in [0.05, 0.1) is 18.1 Å². The van der Waals surface area contributed by atoms with E-state index < -0.39 is 0 Å². The summed E-state index contributed by atoms with van der Waals surface area (Å²) in [6.45, 7) is 0. The molecule has 0 atom stereocenters. The highest BCUT2D eigenvalue weighted by Crippen LogP contribution is 1.99. The molecule has 0 aliphatic carbocycles. The molecule has 0 saturated heterocycles. The van der Waals surface area contributed by atoms with E-state index in [0.717, 1.165) is 17.5 Å². The van der Waals surface area contributed by atoms with Crippen LogP contribution in [-0.2, 0) is 0 Å². The Kier molecular flexibility index (Phi) is 4.08. The van der Waals surface area contributed by atoms with Crippen LogP contribution >= 0.6 is 0 Å². The summed E-state index contributed by atoms with van der Waals surface area (Å²) in [6, 6.07) is 12.7. The minimum atomic E-state index is 0.643. The first-order valence-corrected chi connectivity index (χ1v) is 5.41. The van der Waals surface area contributed by atoms with Crippen molar-refractivity contribution in [2.24, 2.45) is 10.2 Å². The van der Waals surface area contributed by atoms with Crippen molar-refractivity contribution in [2.75, 3.05) is 0 Å². The van der Waals surface area contributed by atoms with E-state index in [1.54, 1.807) is 30.8 Å². The van der Waals surface area contributed by atoms with Gasteiger partial charge in [-0.25, -0.2) is 0 Å². The second kappa shape index (κ2) is 6.20. The average Bonchev–Trinajstić information content (AvgIpc) is 2.45. The van der Waals surface area contributed by atoms with Crippen LogP contribution in [0.4, 0.5) is 0 Å². The van der Waals surface area contributed by atoms with Crippen LogP contribution in [0.3, 0.4) is 0 Å². The van der Waals surface area contributed by atoms with Crippen LogP contribution in [0.15, 0.2) is 58.9 Å². The number of rotatable bonds is 4. The van der Waals surface area contributed by atoms with Gasteiger partial charge in [-0.2, -0.15) is 10.2 Å². The van der Waals surface area contributed by atoms with Gasteiger partial charge in [-0.15, -0.1) is 0 Å². The van der Waals surface area contributed by atoms with Crippen molar-refractivity contribution in [2.45, 2.75) is 0 Å². The summed E-state index contributed by atoms with van der Waals surface area (Å²) in [4.78, 5) is 14.6. The molecule has 0 spiro atoms. The van der Waals surface area contributed by atoms with Gasteiger partial charge < -0.3 is 0 Å². The molecular weight excluding hydrogens is 226 g/mol. The molecule has 18 heavy (non-hydrogen) atoms. The highest BCUT2D eigenvalue weighted by atomic mass is 16.1. The maximum absolute atomic E-state index is 10.5. The van der Waals surface area contributed by atoms with Crippen molar-refractivity contribution < 1.29 is 4.79 Å². The van der Waals surface area contributed by atoms with E-state index in [1.807, 2.05) is 30.3 Å². The van der Waals surface area contributed by atoms with Crippen LogP contribution < -0.4 is 0 Å². The highest BCUT2D eigenvalue weighted by molar-refractivity contribution is 5.83. The van der Waals surface area contributed by atoms with Crippen molar-refractivity contribution in [1.29, 1.82) is 0 Å². The second-order valence-corrected chi connectivity index (χ2v) is 3.53. The largest absolute Gasteiger partial charge is 0.298 e. The van der Waals surface area contributed by atoms with Gasteiger partial charge in [0.2, 0.25) is 0 Å². The van der Waals surface area contributed by atoms with E-state index in [4.69, 9.17) is 0 Å². The normalized spacial score (nSPS) is 11.1. The number of aldehydes is 1. The Hall–Kier alpha value is -2.62. The van der Waals surface area contributed by atoms with Crippen LogP contribution in [0.1, 0.15) is 21.6 Å². The Morgan fingerprint density at radius 1 is 0.889 bits per heavy atom. The van der Waals surface area contributed by atoms with Gasteiger partial charge in [0.1, 0.15) is 6.29 Å². The van der Waals surface area contributed by atoms with Gasteiger partial charge in [0.25, 0.3) is 0 Å². The number of carbonyl (C=O) groups excluding carboxylic acids is 1. The van der Waals surface area contributed by atoms with Crippen molar-refractivity contribution in [3.8, 4) is 0 Å². The van der Waals surface area contributed by atoms with E-state index in [1.165, 1.54) is 0 Å². The predicted molar refractivity (Wildman–Crippen MR) is 71.3 cm³/mol. The standard InChI is InChI=1S/C14H11N3O/c18-11-13-6-4-12(5-7-13)9-16-17-10-14-3-1-2-8-15-14/h1-11H/b16-9+,17-10+. The lowest BCUT2D eigenvalue weighted by Crippen LogP contribution is -1.85. The van der Waals surface area contributed by atoms with Crippen molar-refractivity contribution in [3.05, 3.63) is 65.5 Å². The SMILES string of the molecule is O=Cc1ccc(/C=N/N=C/c2ccccn2)cc1. The third-order valence-corrected chi connectivity index (χ3v) is 2.22. The van der Waals surface area contributed by atoms with E-state index in [-0.39, 0.29) is 0 Å². The topological polar surface area (TPSA) is 54.7 Å². The molecule has 1 heterocycles. The molecule has 1 aromatic heterocycles. The van der Waals surface area contributed by atoms with E-state index >= 15 is 0 Å². The van der Waals surface area contributed by atoms with Gasteiger partial charge in [0.15, 0.2) is 0 Å². The number of hydrogen-bond acceptors (Lipinski definition) is 4. The quantitative estimate of drug-likeness (QED) is 0.465. The van der Waals surface area contributed by atoms with Crippen LogP contribution in [-0.4, -0.2) is 23.7 Å². The molecular formula is C14H11N3O. The number of carbonyl (C=O) groups is 1. The predicted octanol–water partition coefficient (Wildman–Crippen LogP) is 2.35. The molecule has 0 N–H and O–H groups in total. The van der Waals surface area contributed by atoms with E-state index in [0.29, 0.717) is 5.56 Å². The molecule has 2 rings (SSSR count). The van der Waals surface area contributed by atoms with Gasteiger partial charge in [-0.05, 0) is 17.7 Å². The van der Waals surface area contributed by atoms with Crippen molar-refractivity contribution >= 4 is 18.7 Å². The van der Waals surface area contributed by atoms with E-state index in [2.05, 4.69) is 15.2 Å². The fourth-order valence-corrected chi connectivity index (χ4v) is 1.31. The fourth-order valence-electron chi connectivity index (χ4n) is 1.31. The molecule has 2 aromatic rings. The zero-order valence-electron chi connectivity index (χ0n) is 9.60. The summed E-state index contributed by atoms with van der Waals surface area (Å²) < 4.78 is 0. The zero-order chi connectivity index (χ0) is 12.6. The third kappa shape index (κ3) is 3.45. The Morgan fingerprint density at radius 2 is 1.61 bits per heavy atom. The molecule has 0 bridgehead atoms. The van der Waals surface area contributed by atoms with Crippen molar-refractivity contribution in [3.63, 3.8) is 0 Å². The summed E-state index contributed by atoms with van der Waals surface area (Å²) in [7, 11) is 0.